The van der Waals surface area contributed by atoms with E-state index in [2.05, 4.69) is 19.9 Å². The summed E-state index contributed by atoms with van der Waals surface area (Å²) in [7, 11) is 0. The molecule has 0 atom stereocenters. The van der Waals surface area contributed by atoms with Crippen molar-refractivity contribution < 1.29 is 14.0 Å². The maximum Gasteiger partial charge on any atom is 0.319 e. The second kappa shape index (κ2) is 10.6. The number of thioether (sulfide) groups is 1. The molecule has 1 saturated heterocycles. The van der Waals surface area contributed by atoms with E-state index >= 15 is 0 Å². The SMILES string of the molecule is NC(=O)c1c(SCc2ccccc2F)nsc1NC(=O)NCCCN1CCCC1. The van der Waals surface area contributed by atoms with Crippen LogP contribution in [-0.2, 0) is 5.75 Å². The zero-order chi connectivity index (χ0) is 20.6. The maximum absolute atomic E-state index is 13.8. The summed E-state index contributed by atoms with van der Waals surface area (Å²) < 4.78 is 18.0. The van der Waals surface area contributed by atoms with Crippen molar-refractivity contribution in [1.82, 2.24) is 14.6 Å². The van der Waals surface area contributed by atoms with Crippen LogP contribution in [0.25, 0.3) is 0 Å². The molecule has 3 rings (SSSR count). The Kier molecular flexibility index (Phi) is 7.84. The molecule has 2 aromatic rings. The quantitative estimate of drug-likeness (QED) is 0.413. The summed E-state index contributed by atoms with van der Waals surface area (Å²) in [5.74, 6) is -0.694. The minimum atomic E-state index is -0.681. The number of urea groups is 1. The highest BCUT2D eigenvalue weighted by Gasteiger charge is 2.21. The lowest BCUT2D eigenvalue weighted by molar-refractivity contribution is 0.0998. The number of benzene rings is 1. The van der Waals surface area contributed by atoms with Gasteiger partial charge >= 0.3 is 6.03 Å². The highest BCUT2D eigenvalue weighted by molar-refractivity contribution is 7.98. The Balaban J connectivity index is 1.52. The van der Waals surface area contributed by atoms with Gasteiger partial charge in [-0.1, -0.05) is 30.0 Å². The Morgan fingerprint density at radius 3 is 2.76 bits per heavy atom. The number of primary amides is 1. The summed E-state index contributed by atoms with van der Waals surface area (Å²) in [5, 5.41) is 6.13. The third-order valence-electron chi connectivity index (χ3n) is 4.59. The summed E-state index contributed by atoms with van der Waals surface area (Å²) in [5.41, 5.74) is 6.15. The Morgan fingerprint density at radius 2 is 2.03 bits per heavy atom. The van der Waals surface area contributed by atoms with E-state index in [1.807, 2.05) is 0 Å². The molecule has 2 heterocycles. The van der Waals surface area contributed by atoms with Gasteiger partial charge in [-0.2, -0.15) is 4.37 Å². The van der Waals surface area contributed by atoms with Crippen LogP contribution >= 0.6 is 23.3 Å². The number of likely N-dealkylation sites (tertiary alicyclic amines) is 1. The number of hydrogen-bond donors (Lipinski definition) is 3. The number of carbonyl (C=O) groups is 2. The second-order valence-electron chi connectivity index (χ2n) is 6.72. The van der Waals surface area contributed by atoms with Gasteiger partial charge < -0.3 is 16.0 Å². The maximum atomic E-state index is 13.8. The molecule has 0 saturated carbocycles. The summed E-state index contributed by atoms with van der Waals surface area (Å²) >= 11 is 2.19. The molecule has 1 aromatic carbocycles. The van der Waals surface area contributed by atoms with Crippen molar-refractivity contribution in [2.45, 2.75) is 30.0 Å². The number of amides is 3. The molecule has 10 heteroatoms. The number of nitrogens with zero attached hydrogens (tertiary/aromatic N) is 2. The Morgan fingerprint density at radius 1 is 1.28 bits per heavy atom. The van der Waals surface area contributed by atoms with Gasteiger partial charge in [0, 0.05) is 12.3 Å². The van der Waals surface area contributed by atoms with Crippen LogP contribution in [0.1, 0.15) is 35.2 Å². The van der Waals surface area contributed by atoms with Gasteiger partial charge in [0.1, 0.15) is 21.4 Å². The van der Waals surface area contributed by atoms with Gasteiger partial charge in [-0.3, -0.25) is 10.1 Å². The first-order valence-electron chi connectivity index (χ1n) is 9.47. The van der Waals surface area contributed by atoms with Crippen LogP contribution in [0.3, 0.4) is 0 Å². The second-order valence-corrected chi connectivity index (χ2v) is 8.46. The Labute approximate surface area is 177 Å². The fourth-order valence-corrected chi connectivity index (χ4v) is 5.05. The molecule has 156 valence electrons. The fourth-order valence-electron chi connectivity index (χ4n) is 3.10. The number of hydrogen-bond acceptors (Lipinski definition) is 6. The lowest BCUT2D eigenvalue weighted by Crippen LogP contribution is -2.32. The molecule has 0 unspecified atom stereocenters. The average molecular weight is 438 g/mol. The standard InChI is InChI=1S/C19H24FN5O2S2/c20-14-7-2-1-6-13(14)12-28-18-15(16(21)26)17(29-24-18)23-19(27)22-8-5-11-25-9-3-4-10-25/h1-2,6-7H,3-5,8-12H2,(H2,21,26)(H2,22,23,27). The molecule has 0 radical (unpaired) electrons. The molecule has 1 aromatic heterocycles. The van der Waals surface area contributed by atoms with Crippen molar-refractivity contribution in [3.63, 3.8) is 0 Å². The minimum Gasteiger partial charge on any atom is -0.365 e. The third-order valence-corrected chi connectivity index (χ3v) is 6.49. The van der Waals surface area contributed by atoms with Gasteiger partial charge in [0.15, 0.2) is 0 Å². The van der Waals surface area contributed by atoms with E-state index in [1.54, 1.807) is 18.2 Å². The molecule has 0 bridgehead atoms. The van der Waals surface area contributed by atoms with Crippen molar-refractivity contribution in [3.05, 3.63) is 41.2 Å². The fraction of sp³-hybridized carbons (Fsp3) is 0.421. The topological polar surface area (TPSA) is 100 Å². The van der Waals surface area contributed by atoms with Crippen LogP contribution in [0.5, 0.6) is 0 Å². The molecule has 4 N–H and O–H groups in total. The van der Waals surface area contributed by atoms with Gasteiger partial charge in [-0.15, -0.1) is 0 Å². The average Bonchev–Trinajstić information content (AvgIpc) is 3.34. The predicted octanol–water partition coefficient (Wildman–Crippen LogP) is 3.28. The van der Waals surface area contributed by atoms with E-state index in [9.17, 15) is 14.0 Å². The zero-order valence-electron chi connectivity index (χ0n) is 15.9. The van der Waals surface area contributed by atoms with E-state index in [4.69, 9.17) is 5.73 Å². The lowest BCUT2D eigenvalue weighted by atomic mass is 10.2. The van der Waals surface area contributed by atoms with Crippen molar-refractivity contribution in [2.24, 2.45) is 5.73 Å². The molecule has 1 aliphatic rings. The molecule has 7 nitrogen and oxygen atoms in total. The normalized spacial score (nSPS) is 14.1. The van der Waals surface area contributed by atoms with Crippen LogP contribution in [0.4, 0.5) is 14.2 Å². The van der Waals surface area contributed by atoms with Crippen molar-refractivity contribution in [1.29, 1.82) is 0 Å². The molecular formula is C19H24FN5O2S2. The van der Waals surface area contributed by atoms with Crippen molar-refractivity contribution in [2.75, 3.05) is 31.5 Å². The van der Waals surface area contributed by atoms with Crippen molar-refractivity contribution in [3.8, 4) is 0 Å². The van der Waals surface area contributed by atoms with Crippen molar-refractivity contribution >= 4 is 40.2 Å². The summed E-state index contributed by atoms with van der Waals surface area (Å²) in [6.45, 7) is 3.76. The van der Waals surface area contributed by atoms with E-state index in [0.717, 1.165) is 37.6 Å². The highest BCUT2D eigenvalue weighted by atomic mass is 32.2. The van der Waals surface area contributed by atoms with Gasteiger partial charge in [-0.25, -0.2) is 9.18 Å². The molecule has 1 fully saturated rings. The smallest absolute Gasteiger partial charge is 0.319 e. The Hall–Kier alpha value is -2.17. The highest BCUT2D eigenvalue weighted by Crippen LogP contribution is 2.33. The lowest BCUT2D eigenvalue weighted by Gasteiger charge is -2.14. The first-order chi connectivity index (χ1) is 14.0. The number of nitrogens with two attached hydrogens (primary N) is 1. The first kappa shape index (κ1) is 21.5. The first-order valence-corrected chi connectivity index (χ1v) is 11.2. The molecule has 29 heavy (non-hydrogen) atoms. The zero-order valence-corrected chi connectivity index (χ0v) is 17.6. The largest absolute Gasteiger partial charge is 0.365 e. The monoisotopic (exact) mass is 437 g/mol. The van der Waals surface area contributed by atoms with Crippen LogP contribution in [0, 0.1) is 5.82 Å². The number of rotatable bonds is 9. The summed E-state index contributed by atoms with van der Waals surface area (Å²) in [4.78, 5) is 26.4. The van der Waals surface area contributed by atoms with E-state index < -0.39 is 11.9 Å². The van der Waals surface area contributed by atoms with E-state index in [0.29, 0.717) is 27.9 Å². The molecule has 0 spiro atoms. The molecule has 0 aliphatic carbocycles. The van der Waals surface area contributed by atoms with Gasteiger partial charge in [0.2, 0.25) is 0 Å². The summed E-state index contributed by atoms with van der Waals surface area (Å²) in [6.07, 6.45) is 3.35. The third kappa shape index (κ3) is 6.15. The number of anilines is 1. The molecule has 1 aliphatic heterocycles. The van der Waals surface area contributed by atoms with Crippen LogP contribution in [0.15, 0.2) is 29.3 Å². The van der Waals surface area contributed by atoms with E-state index in [1.165, 1.54) is 30.7 Å². The van der Waals surface area contributed by atoms with Gasteiger partial charge in [0.25, 0.3) is 5.91 Å². The molecular weight excluding hydrogens is 413 g/mol. The summed E-state index contributed by atoms with van der Waals surface area (Å²) in [6, 6.07) is 6.02. The number of carbonyl (C=O) groups excluding carboxylic acids is 2. The minimum absolute atomic E-state index is 0.156. The van der Waals surface area contributed by atoms with Crippen LogP contribution in [0.2, 0.25) is 0 Å². The number of nitrogens with one attached hydrogen (secondary N) is 2. The number of halogens is 1. The Bertz CT molecular complexity index is 855. The van der Waals surface area contributed by atoms with Gasteiger partial charge in [0.05, 0.1) is 0 Å². The predicted molar refractivity (Wildman–Crippen MR) is 114 cm³/mol. The van der Waals surface area contributed by atoms with Crippen LogP contribution < -0.4 is 16.4 Å². The van der Waals surface area contributed by atoms with Gasteiger partial charge in [-0.05, 0) is 62.1 Å². The van der Waals surface area contributed by atoms with E-state index in [-0.39, 0.29) is 11.4 Å². The number of aromatic nitrogens is 1. The van der Waals surface area contributed by atoms with Crippen LogP contribution in [-0.4, -0.2) is 47.4 Å². The molecule has 3 amide bonds.